The molecule has 0 bridgehead atoms. The largest absolute Gasteiger partial charge is 0.290 e. The summed E-state index contributed by atoms with van der Waals surface area (Å²) in [5.41, 5.74) is 3.05. The van der Waals surface area contributed by atoms with Crippen molar-refractivity contribution in [1.82, 2.24) is 4.57 Å². The van der Waals surface area contributed by atoms with E-state index in [0.29, 0.717) is 6.54 Å². The Morgan fingerprint density at radius 3 is 2.52 bits per heavy atom. The average Bonchev–Trinajstić information content (AvgIpc) is 2.87. The lowest BCUT2D eigenvalue weighted by atomic mass is 10.1. The zero-order chi connectivity index (χ0) is 14.7. The van der Waals surface area contributed by atoms with Gasteiger partial charge in [-0.25, -0.2) is 9.13 Å². The third kappa shape index (κ3) is 2.72. The molecule has 2 aromatic carbocycles. The van der Waals surface area contributed by atoms with Gasteiger partial charge in [-0.15, -0.1) is 0 Å². The lowest BCUT2D eigenvalue weighted by molar-refractivity contribution is -0.658. The molecule has 3 rings (SSSR count). The number of hydrogen-bond donors (Lipinski definition) is 0. The fraction of sp³-hybridized carbons (Fsp3) is 0.222. The molecule has 106 valence electrons. The van der Waals surface area contributed by atoms with Gasteiger partial charge in [0.05, 0.1) is 6.54 Å². The van der Waals surface area contributed by atoms with Crippen LogP contribution in [0.3, 0.4) is 0 Å². The lowest BCUT2D eigenvalue weighted by Crippen LogP contribution is -2.36. The Morgan fingerprint density at radius 2 is 1.76 bits per heavy atom. The van der Waals surface area contributed by atoms with E-state index in [2.05, 4.69) is 30.0 Å². The van der Waals surface area contributed by atoms with Crippen LogP contribution in [0.2, 0.25) is 0 Å². The van der Waals surface area contributed by atoms with Gasteiger partial charge >= 0.3 is 0 Å². The highest BCUT2D eigenvalue weighted by Crippen LogP contribution is 2.11. The number of ketones is 1. The van der Waals surface area contributed by atoms with Crippen molar-refractivity contribution in [3.63, 3.8) is 0 Å². The molecule has 0 atom stereocenters. The minimum Gasteiger partial charge on any atom is -0.290 e. The number of Topliss-reactive ketones (excluding diaryl/α,β-unsaturated/α-hetero) is 1. The summed E-state index contributed by atoms with van der Waals surface area (Å²) in [5.74, 6) is 0.139. The van der Waals surface area contributed by atoms with Crippen LogP contribution in [0, 0.1) is 0 Å². The minimum absolute atomic E-state index is 0.139. The maximum absolute atomic E-state index is 12.4. The third-order valence-electron chi connectivity index (χ3n) is 3.65. The molecule has 3 aromatic rings. The first-order valence-electron chi connectivity index (χ1n) is 7.35. The number of benzene rings is 2. The van der Waals surface area contributed by atoms with E-state index in [0.717, 1.165) is 24.0 Å². The number of nitrogens with zero attached hydrogens (tertiary/aromatic N) is 2. The Balaban J connectivity index is 1.95. The second kappa shape index (κ2) is 5.92. The van der Waals surface area contributed by atoms with E-state index in [1.807, 2.05) is 47.0 Å². The fourth-order valence-corrected chi connectivity index (χ4v) is 2.66. The maximum atomic E-state index is 12.4. The predicted octanol–water partition coefficient (Wildman–Crippen LogP) is 3.22. The molecule has 3 nitrogen and oxygen atoms in total. The van der Waals surface area contributed by atoms with Crippen molar-refractivity contribution in [3.05, 3.63) is 66.5 Å². The van der Waals surface area contributed by atoms with E-state index in [1.54, 1.807) is 0 Å². The maximum Gasteiger partial charge on any atom is 0.245 e. The van der Waals surface area contributed by atoms with E-state index in [-0.39, 0.29) is 5.78 Å². The van der Waals surface area contributed by atoms with Gasteiger partial charge in [-0.1, -0.05) is 49.4 Å². The molecule has 0 aliphatic rings. The van der Waals surface area contributed by atoms with E-state index in [4.69, 9.17) is 0 Å². The highest BCUT2D eigenvalue weighted by atomic mass is 16.1. The Hall–Kier alpha value is -2.42. The Labute approximate surface area is 124 Å². The van der Waals surface area contributed by atoms with Crippen LogP contribution < -0.4 is 4.57 Å². The van der Waals surface area contributed by atoms with Gasteiger partial charge in [0.25, 0.3) is 0 Å². The van der Waals surface area contributed by atoms with Gasteiger partial charge in [-0.05, 0) is 18.6 Å². The SMILES string of the molecule is CCCn1c[n+](CC(=O)c2ccccc2)c2ccccc21. The normalized spacial score (nSPS) is 10.9. The monoisotopic (exact) mass is 279 g/mol. The molecule has 0 aliphatic carbocycles. The predicted molar refractivity (Wildman–Crippen MR) is 83.2 cm³/mol. The van der Waals surface area contributed by atoms with E-state index >= 15 is 0 Å². The molecule has 3 heteroatoms. The molecule has 0 radical (unpaired) electrons. The van der Waals surface area contributed by atoms with Crippen LogP contribution in [-0.2, 0) is 13.1 Å². The summed E-state index contributed by atoms with van der Waals surface area (Å²) in [7, 11) is 0. The molecular formula is C18H19N2O+. The first kappa shape index (κ1) is 13.6. The van der Waals surface area contributed by atoms with Gasteiger partial charge in [-0.3, -0.25) is 4.79 Å². The van der Waals surface area contributed by atoms with Gasteiger partial charge in [0, 0.05) is 5.56 Å². The van der Waals surface area contributed by atoms with Crippen molar-refractivity contribution in [2.24, 2.45) is 0 Å². The molecule has 0 saturated carbocycles. The molecule has 0 N–H and O–H groups in total. The number of carbonyl (C=O) groups excluding carboxylic acids is 1. The molecule has 1 aromatic heterocycles. The fourth-order valence-electron chi connectivity index (χ4n) is 2.66. The second-order valence-corrected chi connectivity index (χ2v) is 5.21. The summed E-state index contributed by atoms with van der Waals surface area (Å²) in [6.07, 6.45) is 3.13. The quantitative estimate of drug-likeness (QED) is 0.520. The van der Waals surface area contributed by atoms with Crippen molar-refractivity contribution in [2.45, 2.75) is 26.4 Å². The lowest BCUT2D eigenvalue weighted by Gasteiger charge is -1.98. The van der Waals surface area contributed by atoms with Gasteiger partial charge in [0.2, 0.25) is 12.1 Å². The highest BCUT2D eigenvalue weighted by molar-refractivity contribution is 5.95. The molecule has 21 heavy (non-hydrogen) atoms. The second-order valence-electron chi connectivity index (χ2n) is 5.21. The zero-order valence-corrected chi connectivity index (χ0v) is 12.2. The molecule has 0 fully saturated rings. The molecular weight excluding hydrogens is 260 g/mol. The first-order valence-corrected chi connectivity index (χ1v) is 7.35. The van der Waals surface area contributed by atoms with Crippen molar-refractivity contribution >= 4 is 16.8 Å². The van der Waals surface area contributed by atoms with Crippen LogP contribution in [-0.4, -0.2) is 10.4 Å². The molecule has 0 unspecified atom stereocenters. The molecule has 0 aliphatic heterocycles. The Bertz CT molecular complexity index is 759. The molecule has 0 spiro atoms. The number of carbonyl (C=O) groups is 1. The zero-order valence-electron chi connectivity index (χ0n) is 12.2. The summed E-state index contributed by atoms with van der Waals surface area (Å²) in [6.45, 7) is 3.50. The minimum atomic E-state index is 0.139. The van der Waals surface area contributed by atoms with Gasteiger partial charge in [-0.2, -0.15) is 0 Å². The number of fused-ring (bicyclic) bond motifs is 1. The number of aryl methyl sites for hydroxylation is 1. The van der Waals surface area contributed by atoms with Crippen LogP contribution in [0.15, 0.2) is 60.9 Å². The van der Waals surface area contributed by atoms with Gasteiger partial charge < -0.3 is 0 Å². The standard InChI is InChI=1S/C18H19N2O/c1-2-12-19-14-20(17-11-7-6-10-16(17)19)13-18(21)15-8-4-3-5-9-15/h3-11,14H,2,12-13H2,1H3/q+1. The molecule has 1 heterocycles. The molecule has 0 saturated heterocycles. The summed E-state index contributed by atoms with van der Waals surface area (Å²) in [6, 6.07) is 17.7. The summed E-state index contributed by atoms with van der Waals surface area (Å²) < 4.78 is 4.26. The van der Waals surface area contributed by atoms with E-state index in [9.17, 15) is 4.79 Å². The number of rotatable bonds is 5. The van der Waals surface area contributed by atoms with Crippen LogP contribution in [0.5, 0.6) is 0 Å². The first-order chi connectivity index (χ1) is 10.3. The number of hydrogen-bond acceptors (Lipinski definition) is 1. The van der Waals surface area contributed by atoms with E-state index < -0.39 is 0 Å². The Kier molecular flexibility index (Phi) is 3.82. The smallest absolute Gasteiger partial charge is 0.245 e. The van der Waals surface area contributed by atoms with Gasteiger partial charge in [0.1, 0.15) is 0 Å². The number of imidazole rings is 1. The summed E-state index contributed by atoms with van der Waals surface area (Å²) >= 11 is 0. The third-order valence-corrected chi connectivity index (χ3v) is 3.65. The van der Waals surface area contributed by atoms with Crippen LogP contribution >= 0.6 is 0 Å². The van der Waals surface area contributed by atoms with Gasteiger partial charge in [0.15, 0.2) is 17.6 Å². The summed E-state index contributed by atoms with van der Waals surface area (Å²) in [5, 5.41) is 0. The number of aromatic nitrogens is 2. The topological polar surface area (TPSA) is 25.9 Å². The van der Waals surface area contributed by atoms with Crippen molar-refractivity contribution in [1.29, 1.82) is 0 Å². The van der Waals surface area contributed by atoms with E-state index in [1.165, 1.54) is 5.52 Å². The molecule has 0 amide bonds. The van der Waals surface area contributed by atoms with Crippen molar-refractivity contribution in [3.8, 4) is 0 Å². The Morgan fingerprint density at radius 1 is 1.05 bits per heavy atom. The highest BCUT2D eigenvalue weighted by Gasteiger charge is 2.17. The summed E-state index contributed by atoms with van der Waals surface area (Å²) in [4.78, 5) is 12.4. The van der Waals surface area contributed by atoms with Crippen molar-refractivity contribution < 1.29 is 9.36 Å². The van der Waals surface area contributed by atoms with Crippen molar-refractivity contribution in [2.75, 3.05) is 0 Å². The van der Waals surface area contributed by atoms with Crippen LogP contribution in [0.4, 0.5) is 0 Å². The average molecular weight is 279 g/mol. The number of para-hydroxylation sites is 2. The van der Waals surface area contributed by atoms with Crippen LogP contribution in [0.25, 0.3) is 11.0 Å². The van der Waals surface area contributed by atoms with Crippen LogP contribution in [0.1, 0.15) is 23.7 Å².